The molecule has 1 fully saturated rings. The van der Waals surface area contributed by atoms with E-state index in [1.165, 1.54) is 48.4 Å². The largest absolute Gasteiger partial charge is 0.500 e. The number of para-hydroxylation sites is 1. The summed E-state index contributed by atoms with van der Waals surface area (Å²) in [6.45, 7) is 9.24. The Kier molecular flexibility index (Phi) is 11.3. The van der Waals surface area contributed by atoms with Gasteiger partial charge in [-0.2, -0.15) is 0 Å². The van der Waals surface area contributed by atoms with Gasteiger partial charge in [0, 0.05) is 43.4 Å². The Bertz CT molecular complexity index is 2180. The van der Waals surface area contributed by atoms with Gasteiger partial charge in [0.05, 0.1) is 13.7 Å². The third kappa shape index (κ3) is 7.91. The quantitative estimate of drug-likeness (QED) is 0.124. The Labute approximate surface area is 311 Å². The number of nitrogens with zero attached hydrogens (tertiary/aromatic N) is 2. The van der Waals surface area contributed by atoms with Gasteiger partial charge < -0.3 is 14.4 Å². The van der Waals surface area contributed by atoms with Crippen molar-refractivity contribution in [2.45, 2.75) is 65.1 Å². The van der Waals surface area contributed by atoms with E-state index in [-0.39, 0.29) is 20.1 Å². The van der Waals surface area contributed by atoms with Crippen LogP contribution in [-0.4, -0.2) is 18.0 Å². The maximum absolute atomic E-state index is 6.54. The third-order valence-electron chi connectivity index (χ3n) is 9.78. The number of furan rings is 1. The molecule has 0 aliphatic heterocycles. The fraction of sp³-hybridized carbons (Fsp3) is 0.244. The fourth-order valence-corrected chi connectivity index (χ4v) is 9.01. The first-order valence-corrected chi connectivity index (χ1v) is 21.2. The molecule has 4 aromatic carbocycles. The second-order valence-electron chi connectivity index (χ2n) is 14.4. The smallest absolute Gasteiger partial charge is 0.128 e. The van der Waals surface area contributed by atoms with Crippen molar-refractivity contribution in [2.75, 3.05) is 0 Å². The Morgan fingerprint density at radius 3 is 2.26 bits per heavy atom. The van der Waals surface area contributed by atoms with Gasteiger partial charge in [-0.25, -0.2) is 0 Å². The summed E-state index contributed by atoms with van der Waals surface area (Å²) in [4.78, 5) is 9.29. The molecule has 1 saturated carbocycles. The molecule has 0 N–H and O–H groups in total. The number of aromatic nitrogens is 2. The molecular formula is C45H44IrN2OSi-2. The SMILES string of the molecule is Cc1cc(-c2[c-]cccc2)ncc1[Si](C)(C)C.[Ir].[c-]1ccc2c(oc3c(-c4ccccc4)cccc32)c1-c1cc(CC2CCCCC2)ccn1. The molecule has 5 heteroatoms. The van der Waals surface area contributed by atoms with Crippen LogP contribution in [0.3, 0.4) is 0 Å². The van der Waals surface area contributed by atoms with Crippen LogP contribution in [0.2, 0.25) is 19.6 Å². The van der Waals surface area contributed by atoms with Crippen molar-refractivity contribution in [3.8, 4) is 33.6 Å². The van der Waals surface area contributed by atoms with Crippen LogP contribution in [-0.2, 0) is 26.5 Å². The minimum atomic E-state index is -1.27. The van der Waals surface area contributed by atoms with E-state index in [4.69, 9.17) is 9.40 Å². The summed E-state index contributed by atoms with van der Waals surface area (Å²) in [7, 11) is -1.27. The van der Waals surface area contributed by atoms with Gasteiger partial charge in [-0.1, -0.05) is 134 Å². The zero-order valence-corrected chi connectivity index (χ0v) is 32.8. The standard InChI is InChI=1S/C30H26NO.C15H18NSi.Ir/c1-3-9-21(10-4-1)19-22-17-18-31-28(20-22)27-16-8-15-26-25-14-7-13-24(29(25)32-30(26)27)23-11-5-2-6-12-23;1-12-10-14(13-8-6-5-7-9-13)16-11-15(12)17(2,3)4;/h2,5-8,11-15,17-18,20-21H,1,3-4,9-10,19H2;5-8,10-11H,1-4H3;/q2*-1;. The molecule has 3 heterocycles. The molecule has 8 rings (SSSR count). The van der Waals surface area contributed by atoms with E-state index < -0.39 is 8.07 Å². The van der Waals surface area contributed by atoms with E-state index >= 15 is 0 Å². The first kappa shape index (κ1) is 35.7. The zero-order valence-electron chi connectivity index (χ0n) is 29.4. The maximum Gasteiger partial charge on any atom is 0.128 e. The van der Waals surface area contributed by atoms with E-state index in [0.717, 1.165) is 67.9 Å². The fourth-order valence-electron chi connectivity index (χ4n) is 7.30. The Hall–Kier alpha value is -4.15. The number of aryl methyl sites for hydroxylation is 1. The van der Waals surface area contributed by atoms with Crippen molar-refractivity contribution in [2.24, 2.45) is 5.92 Å². The molecule has 255 valence electrons. The molecule has 1 aliphatic rings. The van der Waals surface area contributed by atoms with Crippen LogP contribution in [0.4, 0.5) is 0 Å². The average Bonchev–Trinajstić information content (AvgIpc) is 3.52. The number of pyridine rings is 2. The summed E-state index contributed by atoms with van der Waals surface area (Å²) in [5.41, 5.74) is 10.8. The van der Waals surface area contributed by atoms with E-state index in [2.05, 4.69) is 123 Å². The summed E-state index contributed by atoms with van der Waals surface area (Å²) < 4.78 is 6.54. The zero-order chi connectivity index (χ0) is 33.8. The molecule has 0 spiro atoms. The maximum atomic E-state index is 6.54. The van der Waals surface area contributed by atoms with Crippen molar-refractivity contribution >= 4 is 35.2 Å². The van der Waals surface area contributed by atoms with Crippen LogP contribution in [0.15, 0.2) is 120 Å². The summed E-state index contributed by atoms with van der Waals surface area (Å²) in [6, 6.07) is 42.1. The topological polar surface area (TPSA) is 38.9 Å². The van der Waals surface area contributed by atoms with Crippen LogP contribution >= 0.6 is 0 Å². The molecule has 1 aliphatic carbocycles. The van der Waals surface area contributed by atoms with Crippen LogP contribution < -0.4 is 5.19 Å². The number of hydrogen-bond acceptors (Lipinski definition) is 3. The Morgan fingerprint density at radius 2 is 1.52 bits per heavy atom. The molecule has 0 bridgehead atoms. The van der Waals surface area contributed by atoms with Crippen molar-refractivity contribution in [1.29, 1.82) is 0 Å². The van der Waals surface area contributed by atoms with Crippen LogP contribution in [0.1, 0.15) is 43.2 Å². The van der Waals surface area contributed by atoms with Gasteiger partial charge in [0.25, 0.3) is 0 Å². The molecule has 50 heavy (non-hydrogen) atoms. The van der Waals surface area contributed by atoms with Crippen molar-refractivity contribution in [3.63, 3.8) is 0 Å². The third-order valence-corrected chi connectivity index (χ3v) is 11.9. The molecule has 1 radical (unpaired) electrons. The van der Waals surface area contributed by atoms with E-state index in [9.17, 15) is 0 Å². The van der Waals surface area contributed by atoms with E-state index in [1.54, 1.807) is 0 Å². The van der Waals surface area contributed by atoms with Gasteiger partial charge in [-0.05, 0) is 47.5 Å². The van der Waals surface area contributed by atoms with Gasteiger partial charge in [0.2, 0.25) is 0 Å². The molecular weight excluding hydrogens is 805 g/mol. The summed E-state index contributed by atoms with van der Waals surface area (Å²) in [5, 5.41) is 3.69. The minimum Gasteiger partial charge on any atom is -0.500 e. The molecule has 0 amide bonds. The normalized spacial score (nSPS) is 13.4. The second kappa shape index (κ2) is 15.8. The molecule has 7 aromatic rings. The average molecular weight is 849 g/mol. The predicted molar refractivity (Wildman–Crippen MR) is 208 cm³/mol. The second-order valence-corrected chi connectivity index (χ2v) is 19.5. The molecule has 0 saturated heterocycles. The number of rotatable bonds is 6. The van der Waals surface area contributed by atoms with Crippen molar-refractivity contribution < 1.29 is 24.5 Å². The van der Waals surface area contributed by atoms with E-state index in [0.29, 0.717) is 0 Å². The number of fused-ring (bicyclic) bond motifs is 3. The molecule has 0 unspecified atom stereocenters. The predicted octanol–water partition coefficient (Wildman–Crippen LogP) is 11.6. The number of hydrogen-bond donors (Lipinski definition) is 0. The van der Waals surface area contributed by atoms with Gasteiger partial charge in [-0.15, -0.1) is 54.1 Å². The molecule has 0 atom stereocenters. The van der Waals surface area contributed by atoms with Gasteiger partial charge >= 0.3 is 0 Å². The summed E-state index contributed by atoms with van der Waals surface area (Å²) in [6.07, 6.45) is 12.0. The van der Waals surface area contributed by atoms with Crippen molar-refractivity contribution in [1.82, 2.24) is 9.97 Å². The Balaban J connectivity index is 0.000000204. The van der Waals surface area contributed by atoms with Crippen molar-refractivity contribution in [3.05, 3.63) is 139 Å². The summed E-state index contributed by atoms with van der Waals surface area (Å²) in [5.74, 6) is 0.804. The van der Waals surface area contributed by atoms with E-state index in [1.807, 2.05) is 36.5 Å². The van der Waals surface area contributed by atoms with Crippen LogP contribution in [0, 0.1) is 25.0 Å². The van der Waals surface area contributed by atoms with Crippen LogP contribution in [0.5, 0.6) is 0 Å². The monoisotopic (exact) mass is 849 g/mol. The van der Waals surface area contributed by atoms with Gasteiger partial charge in [0.15, 0.2) is 0 Å². The summed E-state index contributed by atoms with van der Waals surface area (Å²) >= 11 is 0. The van der Waals surface area contributed by atoms with Crippen LogP contribution in [0.25, 0.3) is 55.6 Å². The molecule has 3 aromatic heterocycles. The minimum absolute atomic E-state index is 0. The van der Waals surface area contributed by atoms with Gasteiger partial charge in [-0.3, -0.25) is 0 Å². The first-order valence-electron chi connectivity index (χ1n) is 17.7. The molecule has 3 nitrogen and oxygen atoms in total. The first-order chi connectivity index (χ1) is 23.8. The van der Waals surface area contributed by atoms with Gasteiger partial charge in [0.1, 0.15) is 5.58 Å². The number of benzene rings is 4. The Morgan fingerprint density at radius 1 is 0.740 bits per heavy atom.